The molecule has 4 aromatic rings. The maximum atomic E-state index is 5.91. The molecule has 42 heavy (non-hydrogen) atoms. The summed E-state index contributed by atoms with van der Waals surface area (Å²) in [6.07, 6.45) is 10.1. The van der Waals surface area contributed by atoms with E-state index in [1.165, 1.54) is 52.9 Å². The topological polar surface area (TPSA) is 0 Å². The predicted octanol–water partition coefficient (Wildman–Crippen LogP) is 12.3. The summed E-state index contributed by atoms with van der Waals surface area (Å²) >= 11 is -5.40. The Kier molecular flexibility index (Phi) is 6.29. The van der Waals surface area contributed by atoms with Crippen LogP contribution < -0.4 is 0 Å². The number of rotatable bonds is 8. The van der Waals surface area contributed by atoms with Gasteiger partial charge in [-0.25, -0.2) is 0 Å². The third kappa shape index (κ3) is 4.22. The molecule has 0 aromatic heterocycles. The number of benzene rings is 4. The van der Waals surface area contributed by atoms with Gasteiger partial charge in [0.25, 0.3) is 0 Å². The molecule has 216 valence electrons. The van der Waals surface area contributed by atoms with Crippen LogP contribution in [0.4, 0.5) is 0 Å². The van der Waals surface area contributed by atoms with E-state index in [1.54, 1.807) is 0 Å². The van der Waals surface area contributed by atoms with Crippen molar-refractivity contribution in [1.29, 1.82) is 0 Å². The van der Waals surface area contributed by atoms with Crippen LogP contribution in [0.25, 0.3) is 34.4 Å². The van der Waals surface area contributed by atoms with Gasteiger partial charge in [-0.1, -0.05) is 0 Å². The molecule has 2 unspecified atom stereocenters. The average molecular weight is 719 g/mol. The van der Waals surface area contributed by atoms with Crippen LogP contribution in [0.5, 0.6) is 0 Å². The molecule has 0 fully saturated rings. The summed E-state index contributed by atoms with van der Waals surface area (Å²) in [7, 11) is 0. The third-order valence-electron chi connectivity index (χ3n) is 11.6. The first-order valence-electron chi connectivity index (χ1n) is 16.1. The van der Waals surface area contributed by atoms with E-state index in [0.717, 1.165) is 0 Å². The van der Waals surface area contributed by atoms with Crippen molar-refractivity contribution in [2.45, 2.75) is 52.8 Å². The first-order valence-corrected chi connectivity index (χ1v) is 35.0. The number of hydrogen-bond donors (Lipinski definition) is 0. The SMILES string of the molecule is [CH2]=[Hf]([CH3])([CH3])([CH2]C(C)C)([CH2]C(C)C)([CH]1C=Cc2c(-c3ccccc3)cccc21)[CH]1C=Cc2c(-c3ccccc3)cccc21. The Labute approximate surface area is 248 Å². The van der Waals surface area contributed by atoms with Gasteiger partial charge in [-0.05, 0) is 0 Å². The molecule has 0 nitrogen and oxygen atoms in total. The second-order valence-corrected chi connectivity index (χ2v) is 67.1. The monoisotopic (exact) mass is 720 g/mol. The van der Waals surface area contributed by atoms with Crippen LogP contribution in [0.15, 0.2) is 109 Å². The Bertz CT molecular complexity index is 1720. The van der Waals surface area contributed by atoms with E-state index in [0.29, 0.717) is 19.2 Å². The van der Waals surface area contributed by atoms with Crippen LogP contribution in [-0.2, 0) is 15.1 Å². The van der Waals surface area contributed by atoms with Crippen LogP contribution in [0.2, 0.25) is 17.7 Å². The standard InChI is InChI=1S/2C15H11.2C4H9.2CH3.CH2.Hf/c2*1-2-6-12(7-3-1)14-10-4-8-13-9-5-11-15(13)14;2*1-4(2)3;;;;/h2*1-11H;2*4H,1H2,2-3H3;2*1H3;1H2;. The zero-order chi connectivity index (χ0) is 29.9. The minimum atomic E-state index is -5.40. The molecule has 0 aliphatic heterocycles. The van der Waals surface area contributed by atoms with E-state index in [9.17, 15) is 0 Å². The summed E-state index contributed by atoms with van der Waals surface area (Å²) in [5.74, 6) is 1.07. The van der Waals surface area contributed by atoms with Gasteiger partial charge in [0.1, 0.15) is 0 Å². The molecule has 0 radical (unpaired) electrons. The second kappa shape index (κ2) is 9.06. The van der Waals surface area contributed by atoms with Crippen molar-refractivity contribution in [3.63, 3.8) is 0 Å². The molecule has 2 aliphatic carbocycles. The first kappa shape index (κ1) is 29.2. The number of allylic oxidation sites excluding steroid dienone is 2. The van der Waals surface area contributed by atoms with Gasteiger partial charge in [-0.15, -0.1) is 0 Å². The average Bonchev–Trinajstić information content (AvgIpc) is 3.60. The molecular formula is C41H48Hf. The first-order chi connectivity index (χ1) is 19.8. The zero-order valence-electron chi connectivity index (χ0n) is 26.5. The number of fused-ring (bicyclic) bond motifs is 2. The van der Waals surface area contributed by atoms with Crippen LogP contribution >= 0.6 is 0 Å². The van der Waals surface area contributed by atoms with E-state index in [2.05, 4.69) is 158 Å². The molecule has 0 heterocycles. The van der Waals surface area contributed by atoms with Crippen molar-refractivity contribution in [2.24, 2.45) is 11.8 Å². The summed E-state index contributed by atoms with van der Waals surface area (Å²) in [5.41, 5.74) is 11.0. The van der Waals surface area contributed by atoms with Crippen molar-refractivity contribution < 1.29 is 15.1 Å². The Balaban J connectivity index is 1.66. The Morgan fingerprint density at radius 1 is 0.548 bits per heavy atom. The molecule has 1 heteroatoms. The predicted molar refractivity (Wildman–Crippen MR) is 185 cm³/mol. The molecule has 6 rings (SSSR count). The van der Waals surface area contributed by atoms with Crippen molar-refractivity contribution in [3.8, 4) is 22.3 Å². The Morgan fingerprint density at radius 2 is 0.929 bits per heavy atom. The fraction of sp³-hybridized carbons (Fsp3) is 0.293. The normalized spacial score (nSPS) is 20.1. The van der Waals surface area contributed by atoms with Gasteiger partial charge in [-0.2, -0.15) is 0 Å². The second-order valence-electron chi connectivity index (χ2n) is 17.1. The van der Waals surface area contributed by atoms with Crippen LogP contribution in [0.1, 0.15) is 57.3 Å². The summed E-state index contributed by atoms with van der Waals surface area (Å²) in [6.45, 7) is 9.75. The zero-order valence-corrected chi connectivity index (χ0v) is 30.1. The van der Waals surface area contributed by atoms with E-state index < -0.39 is 15.1 Å². The number of hydrogen-bond acceptors (Lipinski definition) is 0. The summed E-state index contributed by atoms with van der Waals surface area (Å²) in [5, 5.41) is 0. The molecule has 0 amide bonds. The van der Waals surface area contributed by atoms with E-state index in [-0.39, 0.29) is 0 Å². The molecule has 2 atom stereocenters. The fourth-order valence-corrected chi connectivity index (χ4v) is 63.2. The summed E-state index contributed by atoms with van der Waals surface area (Å²) in [4.78, 5) is 0. The van der Waals surface area contributed by atoms with E-state index in [1.807, 2.05) is 0 Å². The van der Waals surface area contributed by atoms with Gasteiger partial charge in [0.2, 0.25) is 0 Å². The molecule has 0 spiro atoms. The molecule has 0 saturated heterocycles. The maximum absolute atomic E-state index is 5.91. The van der Waals surface area contributed by atoms with Crippen LogP contribution in [0, 0.1) is 11.8 Å². The fourth-order valence-electron chi connectivity index (χ4n) is 11.3. The third-order valence-corrected chi connectivity index (χ3v) is 55.5. The van der Waals surface area contributed by atoms with E-state index >= 15 is 0 Å². The molecule has 4 aromatic carbocycles. The molecule has 2 aliphatic rings. The minimum absolute atomic E-state index is 0.304. The van der Waals surface area contributed by atoms with Gasteiger partial charge in [-0.3, -0.25) is 0 Å². The quantitative estimate of drug-likeness (QED) is 0.159. The van der Waals surface area contributed by atoms with Gasteiger partial charge in [0.15, 0.2) is 0 Å². The van der Waals surface area contributed by atoms with Gasteiger partial charge >= 0.3 is 250 Å². The molecular weight excluding hydrogens is 671 g/mol. The van der Waals surface area contributed by atoms with Crippen molar-refractivity contribution >= 4 is 16.4 Å². The molecule has 0 N–H and O–H groups in total. The Morgan fingerprint density at radius 3 is 1.29 bits per heavy atom. The summed E-state index contributed by atoms with van der Waals surface area (Å²) in [6, 6.07) is 35.9. The van der Waals surface area contributed by atoms with Crippen LogP contribution in [-0.4, -0.2) is 4.26 Å². The molecule has 0 saturated carbocycles. The van der Waals surface area contributed by atoms with Crippen molar-refractivity contribution in [3.05, 3.63) is 131 Å². The van der Waals surface area contributed by atoms with Gasteiger partial charge in [0.05, 0.1) is 0 Å². The van der Waals surface area contributed by atoms with Crippen LogP contribution in [0.3, 0.4) is 0 Å². The van der Waals surface area contributed by atoms with Crippen molar-refractivity contribution in [1.82, 2.24) is 0 Å². The summed E-state index contributed by atoms with van der Waals surface area (Å²) < 4.78 is 14.4. The van der Waals surface area contributed by atoms with Gasteiger partial charge in [0, 0.05) is 0 Å². The van der Waals surface area contributed by atoms with Crippen molar-refractivity contribution in [2.75, 3.05) is 0 Å². The Hall–Kier alpha value is -2.90. The van der Waals surface area contributed by atoms with E-state index in [4.69, 9.17) is 4.26 Å². The molecule has 0 bridgehead atoms. The van der Waals surface area contributed by atoms with Gasteiger partial charge < -0.3 is 0 Å².